The highest BCUT2D eigenvalue weighted by Gasteiger charge is 2.24. The SMILES string of the molecule is CCC(CCc1ccc(OCC(O)C(C)(C)C)c(C)c1)c1cc(C)c(S(=O)(=O)NCC(=O)O)s1. The Bertz CT molecular complexity index is 1090. The summed E-state index contributed by atoms with van der Waals surface area (Å²) in [5.41, 5.74) is 2.57. The van der Waals surface area contributed by atoms with E-state index >= 15 is 0 Å². The molecule has 0 aliphatic rings. The van der Waals surface area contributed by atoms with Crippen LogP contribution in [0.4, 0.5) is 0 Å². The summed E-state index contributed by atoms with van der Waals surface area (Å²) >= 11 is 1.22. The lowest BCUT2D eigenvalue weighted by molar-refractivity contribution is -0.135. The van der Waals surface area contributed by atoms with Gasteiger partial charge in [0.05, 0.1) is 6.10 Å². The van der Waals surface area contributed by atoms with E-state index in [9.17, 15) is 18.3 Å². The number of aliphatic hydroxyl groups excluding tert-OH is 1. The molecule has 2 aromatic rings. The van der Waals surface area contributed by atoms with E-state index in [1.54, 1.807) is 6.92 Å². The van der Waals surface area contributed by atoms with Crippen LogP contribution in [0.1, 0.15) is 68.0 Å². The zero-order chi connectivity index (χ0) is 25.7. The number of carboxylic acid groups (broad SMARTS) is 1. The summed E-state index contributed by atoms with van der Waals surface area (Å²) in [6.45, 7) is 11.3. The topological polar surface area (TPSA) is 113 Å². The van der Waals surface area contributed by atoms with Crippen molar-refractivity contribution in [2.45, 2.75) is 77.0 Å². The predicted octanol–water partition coefficient (Wildman–Crippen LogP) is 4.64. The lowest BCUT2D eigenvalue weighted by atomic mass is 9.90. The number of aliphatic carboxylic acids is 1. The standard InChI is InChI=1S/C25H37NO6S2/c1-7-19(21-13-17(3)24(33-21)34(30,31)26-14-23(28)29)10-8-18-9-11-20(16(2)12-18)32-15-22(27)25(4,5)6/h9,11-13,19,22,26-27H,7-8,10,14-15H2,1-6H3,(H,28,29). The molecule has 0 saturated carbocycles. The van der Waals surface area contributed by atoms with Gasteiger partial charge in [-0.1, -0.05) is 39.8 Å². The minimum Gasteiger partial charge on any atom is -0.491 e. The minimum absolute atomic E-state index is 0.178. The number of ether oxygens (including phenoxy) is 1. The third-order valence-electron chi connectivity index (χ3n) is 5.86. The normalized spacial score (nSPS) is 14.1. The zero-order valence-electron chi connectivity index (χ0n) is 20.8. The molecule has 0 saturated heterocycles. The van der Waals surface area contributed by atoms with Crippen molar-refractivity contribution in [3.8, 4) is 5.75 Å². The fraction of sp³-hybridized carbons (Fsp3) is 0.560. The first-order valence-electron chi connectivity index (χ1n) is 11.5. The number of thiophene rings is 1. The summed E-state index contributed by atoms with van der Waals surface area (Å²) in [5.74, 6) is -0.261. The van der Waals surface area contributed by atoms with Crippen molar-refractivity contribution in [2.75, 3.05) is 13.2 Å². The third-order valence-corrected chi connectivity index (χ3v) is 9.30. The number of hydrogen-bond acceptors (Lipinski definition) is 6. The largest absolute Gasteiger partial charge is 0.491 e. The van der Waals surface area contributed by atoms with Crippen LogP contribution in [0.2, 0.25) is 0 Å². The summed E-state index contributed by atoms with van der Waals surface area (Å²) < 4.78 is 33.1. The molecule has 2 unspecified atom stereocenters. The first-order chi connectivity index (χ1) is 15.7. The molecule has 0 bridgehead atoms. The highest BCUT2D eigenvalue weighted by molar-refractivity contribution is 7.91. The van der Waals surface area contributed by atoms with Gasteiger partial charge >= 0.3 is 5.97 Å². The van der Waals surface area contributed by atoms with Crippen molar-refractivity contribution in [1.82, 2.24) is 4.72 Å². The maximum atomic E-state index is 12.5. The quantitative estimate of drug-likeness (QED) is 0.383. The molecule has 190 valence electrons. The van der Waals surface area contributed by atoms with Crippen LogP contribution >= 0.6 is 11.3 Å². The Morgan fingerprint density at radius 1 is 1.18 bits per heavy atom. The molecule has 1 aromatic heterocycles. The van der Waals surface area contributed by atoms with Gasteiger partial charge in [0.1, 0.15) is 23.1 Å². The fourth-order valence-corrected chi connectivity index (χ4v) is 6.47. The summed E-state index contributed by atoms with van der Waals surface area (Å²) in [6, 6.07) is 7.97. The number of carboxylic acids is 1. The molecular formula is C25H37NO6S2. The van der Waals surface area contributed by atoms with E-state index in [0.29, 0.717) is 5.56 Å². The van der Waals surface area contributed by atoms with E-state index in [4.69, 9.17) is 9.84 Å². The van der Waals surface area contributed by atoms with Gasteiger partial charge in [0.2, 0.25) is 0 Å². The van der Waals surface area contributed by atoms with Crippen molar-refractivity contribution in [1.29, 1.82) is 0 Å². The summed E-state index contributed by atoms with van der Waals surface area (Å²) in [5, 5.41) is 19.0. The van der Waals surface area contributed by atoms with Gasteiger partial charge in [0, 0.05) is 4.88 Å². The van der Waals surface area contributed by atoms with Gasteiger partial charge in [0.15, 0.2) is 0 Å². The summed E-state index contributed by atoms with van der Waals surface area (Å²) in [7, 11) is -3.85. The van der Waals surface area contributed by atoms with E-state index in [-0.39, 0.29) is 22.1 Å². The lowest BCUT2D eigenvalue weighted by Gasteiger charge is -2.26. The van der Waals surface area contributed by atoms with Gasteiger partial charge in [0.25, 0.3) is 10.0 Å². The molecule has 2 rings (SSSR count). The average molecular weight is 512 g/mol. The van der Waals surface area contributed by atoms with Crippen LogP contribution in [0.15, 0.2) is 28.5 Å². The van der Waals surface area contributed by atoms with Crippen molar-refractivity contribution in [2.24, 2.45) is 5.41 Å². The lowest BCUT2D eigenvalue weighted by Crippen LogP contribution is -2.32. The number of aliphatic hydroxyl groups is 1. The van der Waals surface area contributed by atoms with E-state index < -0.39 is 28.6 Å². The number of nitrogens with one attached hydrogen (secondary N) is 1. The molecule has 34 heavy (non-hydrogen) atoms. The van der Waals surface area contributed by atoms with Gasteiger partial charge in [-0.2, -0.15) is 4.72 Å². The molecule has 0 radical (unpaired) electrons. The second kappa shape index (κ2) is 11.7. The number of rotatable bonds is 12. The number of benzene rings is 1. The van der Waals surface area contributed by atoms with Crippen LogP contribution < -0.4 is 9.46 Å². The molecule has 1 heterocycles. The van der Waals surface area contributed by atoms with Gasteiger partial charge < -0.3 is 14.9 Å². The first kappa shape index (κ1) is 28.3. The number of carbonyl (C=O) groups is 1. The van der Waals surface area contributed by atoms with Crippen molar-refractivity contribution < 1.29 is 28.2 Å². The molecule has 7 nitrogen and oxygen atoms in total. The van der Waals surface area contributed by atoms with E-state index in [1.807, 2.05) is 45.9 Å². The Balaban J connectivity index is 2.06. The summed E-state index contributed by atoms with van der Waals surface area (Å²) in [6.07, 6.45) is 2.01. The van der Waals surface area contributed by atoms with Gasteiger partial charge in [-0.25, -0.2) is 8.42 Å². The number of sulfonamides is 1. The Labute approximate surface area is 207 Å². The summed E-state index contributed by atoms with van der Waals surface area (Å²) in [4.78, 5) is 11.7. The van der Waals surface area contributed by atoms with E-state index in [0.717, 1.165) is 35.5 Å². The number of hydrogen-bond donors (Lipinski definition) is 3. The Morgan fingerprint density at radius 3 is 2.41 bits per heavy atom. The molecule has 0 fully saturated rings. The van der Waals surface area contributed by atoms with E-state index in [2.05, 4.69) is 17.7 Å². The maximum absolute atomic E-state index is 12.5. The van der Waals surface area contributed by atoms with Crippen LogP contribution in [0.25, 0.3) is 0 Å². The smallest absolute Gasteiger partial charge is 0.318 e. The fourth-order valence-electron chi connectivity index (χ4n) is 3.52. The molecule has 9 heteroatoms. The van der Waals surface area contributed by atoms with Gasteiger partial charge in [-0.15, -0.1) is 11.3 Å². The highest BCUT2D eigenvalue weighted by atomic mass is 32.2. The molecule has 0 aliphatic heterocycles. The monoisotopic (exact) mass is 511 g/mol. The van der Waals surface area contributed by atoms with Crippen LogP contribution in [0, 0.1) is 19.3 Å². The number of aryl methyl sites for hydroxylation is 3. The van der Waals surface area contributed by atoms with Crippen LogP contribution in [0.3, 0.4) is 0 Å². The van der Waals surface area contributed by atoms with Crippen LogP contribution in [0.5, 0.6) is 5.75 Å². The first-order valence-corrected chi connectivity index (χ1v) is 13.8. The third kappa shape index (κ3) is 7.80. The Kier molecular flexibility index (Phi) is 9.71. The van der Waals surface area contributed by atoms with Crippen molar-refractivity contribution in [3.63, 3.8) is 0 Å². The van der Waals surface area contributed by atoms with Crippen molar-refractivity contribution in [3.05, 3.63) is 45.8 Å². The minimum atomic E-state index is -3.85. The van der Waals surface area contributed by atoms with E-state index in [1.165, 1.54) is 16.9 Å². The second-order valence-corrected chi connectivity index (χ2v) is 12.8. The molecule has 2 atom stereocenters. The van der Waals surface area contributed by atoms with Crippen LogP contribution in [-0.2, 0) is 21.2 Å². The molecule has 0 spiro atoms. The zero-order valence-corrected chi connectivity index (χ0v) is 22.5. The maximum Gasteiger partial charge on any atom is 0.318 e. The Morgan fingerprint density at radius 2 is 1.85 bits per heavy atom. The molecular weight excluding hydrogens is 474 g/mol. The average Bonchev–Trinajstić information content (AvgIpc) is 3.13. The van der Waals surface area contributed by atoms with Gasteiger partial charge in [-0.05, 0) is 73.3 Å². The molecule has 3 N–H and O–H groups in total. The Hall–Kier alpha value is -1.94. The second-order valence-electron chi connectivity index (χ2n) is 9.77. The predicted molar refractivity (Wildman–Crippen MR) is 135 cm³/mol. The van der Waals surface area contributed by atoms with Crippen molar-refractivity contribution >= 4 is 27.3 Å². The highest BCUT2D eigenvalue weighted by Crippen LogP contribution is 2.36. The van der Waals surface area contributed by atoms with Crippen LogP contribution in [-0.4, -0.2) is 43.9 Å². The van der Waals surface area contributed by atoms with Gasteiger partial charge in [-0.3, -0.25) is 4.79 Å². The molecule has 0 aliphatic carbocycles. The molecule has 1 aromatic carbocycles. The molecule has 0 amide bonds.